The van der Waals surface area contributed by atoms with E-state index in [0.29, 0.717) is 0 Å². The van der Waals surface area contributed by atoms with Gasteiger partial charge in [0.25, 0.3) is 0 Å². The van der Waals surface area contributed by atoms with Crippen LogP contribution in [0.3, 0.4) is 0 Å². The largest absolute Gasteiger partial charge is 0.453 e. The second-order valence-corrected chi connectivity index (χ2v) is 13.6. The van der Waals surface area contributed by atoms with E-state index in [9.17, 15) is 0 Å². The number of thiophene rings is 1. The average molecular weight is 644 g/mol. The van der Waals surface area contributed by atoms with Gasteiger partial charge in [-0.05, 0) is 63.9 Å². The predicted molar refractivity (Wildman–Crippen MR) is 210 cm³/mol. The van der Waals surface area contributed by atoms with Crippen LogP contribution in [0.15, 0.2) is 180 Å². The summed E-state index contributed by atoms with van der Waals surface area (Å²) in [6.45, 7) is 0. The Bertz CT molecular complexity index is 2830. The van der Waals surface area contributed by atoms with E-state index in [1.165, 1.54) is 42.1 Å². The first-order valence-electron chi connectivity index (χ1n) is 16.6. The Morgan fingerprint density at radius 3 is 1.88 bits per heavy atom. The molecule has 10 rings (SSSR count). The molecule has 49 heavy (non-hydrogen) atoms. The first kappa shape index (κ1) is 27.9. The van der Waals surface area contributed by atoms with Crippen molar-refractivity contribution >= 4 is 81.3 Å². The zero-order valence-electron chi connectivity index (χ0n) is 26.5. The normalized spacial score (nSPS) is 11.7. The van der Waals surface area contributed by atoms with Crippen LogP contribution in [0, 0.1) is 0 Å². The first-order valence-corrected chi connectivity index (χ1v) is 17.4. The highest BCUT2D eigenvalue weighted by molar-refractivity contribution is 7.26. The second-order valence-electron chi connectivity index (χ2n) is 12.5. The number of hydrogen-bond donors (Lipinski definition) is 0. The lowest BCUT2D eigenvalue weighted by molar-refractivity contribution is 0.670. The van der Waals surface area contributed by atoms with Crippen molar-refractivity contribution in [3.05, 3.63) is 176 Å². The SMILES string of the molecule is c1ccc(-c2ccc3cc(N(c4cccc5c4oc4c(-c6ccccc6)cccc45)c4cccc5c4sc4ccccc45)ccc3c2)cc1. The number of rotatable bonds is 5. The minimum atomic E-state index is 0.874. The monoisotopic (exact) mass is 643 g/mol. The molecule has 0 spiro atoms. The molecule has 230 valence electrons. The lowest BCUT2D eigenvalue weighted by Crippen LogP contribution is -2.10. The summed E-state index contributed by atoms with van der Waals surface area (Å²) in [6, 6.07) is 63.1. The Balaban J connectivity index is 1.23. The molecule has 0 bridgehead atoms. The van der Waals surface area contributed by atoms with Gasteiger partial charge >= 0.3 is 0 Å². The van der Waals surface area contributed by atoms with Crippen molar-refractivity contribution in [2.75, 3.05) is 4.90 Å². The number of nitrogens with zero attached hydrogens (tertiary/aromatic N) is 1. The van der Waals surface area contributed by atoms with Gasteiger partial charge in [-0.15, -0.1) is 11.3 Å². The molecular weight excluding hydrogens is 615 g/mol. The lowest BCUT2D eigenvalue weighted by atomic mass is 10.0. The van der Waals surface area contributed by atoms with Crippen molar-refractivity contribution in [1.82, 2.24) is 0 Å². The molecule has 0 aliphatic heterocycles. The number of anilines is 3. The highest BCUT2D eigenvalue weighted by Crippen LogP contribution is 2.48. The van der Waals surface area contributed by atoms with Gasteiger partial charge in [0.1, 0.15) is 5.58 Å². The quantitative estimate of drug-likeness (QED) is 0.186. The van der Waals surface area contributed by atoms with Crippen LogP contribution in [-0.2, 0) is 0 Å². The molecule has 2 nitrogen and oxygen atoms in total. The molecule has 0 saturated heterocycles. The molecule has 0 aliphatic carbocycles. The number of furan rings is 1. The van der Waals surface area contributed by atoms with Crippen molar-refractivity contribution in [3.63, 3.8) is 0 Å². The molecule has 0 aliphatic rings. The third-order valence-electron chi connectivity index (χ3n) is 9.64. The standard InChI is InChI=1S/C46H29NOS/c1-3-12-30(13-4-1)32-24-25-34-29-35(27-26-33(34)28-32)47(42-22-11-20-40-37-16-7-8-23-43(37)49-46(40)42)41-21-10-19-39-38-18-9-17-36(44(38)48-45(39)41)31-14-5-2-6-15-31/h1-29H. The molecule has 0 radical (unpaired) electrons. The molecule has 0 amide bonds. The van der Waals surface area contributed by atoms with Crippen molar-refractivity contribution in [2.24, 2.45) is 0 Å². The molecule has 2 aromatic heterocycles. The topological polar surface area (TPSA) is 16.4 Å². The van der Waals surface area contributed by atoms with E-state index < -0.39 is 0 Å². The van der Waals surface area contributed by atoms with Crippen LogP contribution in [0.2, 0.25) is 0 Å². The third kappa shape index (κ3) is 4.55. The van der Waals surface area contributed by atoms with Crippen LogP contribution >= 0.6 is 11.3 Å². The van der Waals surface area contributed by atoms with E-state index in [2.05, 4.69) is 181 Å². The Morgan fingerprint density at radius 1 is 0.408 bits per heavy atom. The lowest BCUT2D eigenvalue weighted by Gasteiger charge is -2.26. The molecule has 2 heterocycles. The van der Waals surface area contributed by atoms with Crippen LogP contribution in [-0.4, -0.2) is 0 Å². The van der Waals surface area contributed by atoms with Gasteiger partial charge in [-0.1, -0.05) is 140 Å². The van der Waals surface area contributed by atoms with Crippen LogP contribution < -0.4 is 4.90 Å². The number of hydrogen-bond acceptors (Lipinski definition) is 3. The van der Waals surface area contributed by atoms with Crippen LogP contribution in [0.25, 0.3) is 75.1 Å². The molecule has 0 N–H and O–H groups in total. The van der Waals surface area contributed by atoms with Crippen LogP contribution in [0.4, 0.5) is 17.1 Å². The van der Waals surface area contributed by atoms with Crippen molar-refractivity contribution < 1.29 is 4.42 Å². The average Bonchev–Trinajstić information content (AvgIpc) is 3.75. The van der Waals surface area contributed by atoms with Crippen molar-refractivity contribution in [2.45, 2.75) is 0 Å². The number of benzene rings is 8. The third-order valence-corrected chi connectivity index (χ3v) is 10.9. The Hall–Kier alpha value is -6.16. The highest BCUT2D eigenvalue weighted by atomic mass is 32.1. The van der Waals surface area contributed by atoms with E-state index in [-0.39, 0.29) is 0 Å². The maximum absolute atomic E-state index is 6.98. The van der Waals surface area contributed by atoms with E-state index in [1.54, 1.807) is 0 Å². The van der Waals surface area contributed by atoms with Crippen molar-refractivity contribution in [3.8, 4) is 22.3 Å². The zero-order valence-corrected chi connectivity index (χ0v) is 27.3. The fraction of sp³-hybridized carbons (Fsp3) is 0. The number of para-hydroxylation sites is 2. The molecule has 0 saturated carbocycles. The fourth-order valence-electron chi connectivity index (χ4n) is 7.33. The van der Waals surface area contributed by atoms with Gasteiger partial charge in [-0.25, -0.2) is 0 Å². The van der Waals surface area contributed by atoms with Crippen LogP contribution in [0.5, 0.6) is 0 Å². The summed E-state index contributed by atoms with van der Waals surface area (Å²) in [5.41, 5.74) is 9.69. The Kier molecular flexibility index (Phi) is 6.39. The van der Waals surface area contributed by atoms with Gasteiger partial charge in [0.05, 0.1) is 16.1 Å². The van der Waals surface area contributed by atoms with Gasteiger partial charge in [-0.2, -0.15) is 0 Å². The molecular formula is C46H29NOS. The maximum atomic E-state index is 6.98. The van der Waals surface area contributed by atoms with Gasteiger partial charge in [0.15, 0.2) is 5.58 Å². The smallest absolute Gasteiger partial charge is 0.159 e. The molecule has 0 fully saturated rings. The minimum absolute atomic E-state index is 0.874. The molecule has 10 aromatic rings. The molecule has 3 heteroatoms. The summed E-state index contributed by atoms with van der Waals surface area (Å²) in [7, 11) is 0. The second kappa shape index (κ2) is 11.2. The fourth-order valence-corrected chi connectivity index (χ4v) is 8.53. The Morgan fingerprint density at radius 2 is 1.04 bits per heavy atom. The van der Waals surface area contributed by atoms with Gasteiger partial charge < -0.3 is 9.32 Å². The van der Waals surface area contributed by atoms with E-state index in [0.717, 1.165) is 50.1 Å². The summed E-state index contributed by atoms with van der Waals surface area (Å²) in [4.78, 5) is 2.40. The zero-order chi connectivity index (χ0) is 32.3. The first-order chi connectivity index (χ1) is 24.3. The summed E-state index contributed by atoms with van der Waals surface area (Å²) in [6.07, 6.45) is 0. The van der Waals surface area contributed by atoms with Gasteiger partial charge in [-0.3, -0.25) is 0 Å². The van der Waals surface area contributed by atoms with Crippen LogP contribution in [0.1, 0.15) is 0 Å². The summed E-state index contributed by atoms with van der Waals surface area (Å²) in [5.74, 6) is 0. The summed E-state index contributed by atoms with van der Waals surface area (Å²) >= 11 is 1.85. The summed E-state index contributed by atoms with van der Waals surface area (Å²) < 4.78 is 9.51. The molecule has 8 aromatic carbocycles. The Labute approximate surface area is 287 Å². The predicted octanol–water partition coefficient (Wildman–Crippen LogP) is 13.9. The number of fused-ring (bicyclic) bond motifs is 7. The molecule has 0 atom stereocenters. The molecule has 0 unspecified atom stereocenters. The van der Waals surface area contributed by atoms with Gasteiger partial charge in [0.2, 0.25) is 0 Å². The van der Waals surface area contributed by atoms with E-state index in [4.69, 9.17) is 4.42 Å². The highest BCUT2D eigenvalue weighted by Gasteiger charge is 2.23. The van der Waals surface area contributed by atoms with E-state index in [1.807, 2.05) is 11.3 Å². The summed E-state index contributed by atoms with van der Waals surface area (Å²) in [5, 5.41) is 7.16. The maximum Gasteiger partial charge on any atom is 0.159 e. The van der Waals surface area contributed by atoms with Crippen molar-refractivity contribution in [1.29, 1.82) is 0 Å². The van der Waals surface area contributed by atoms with E-state index >= 15 is 0 Å². The minimum Gasteiger partial charge on any atom is -0.453 e. The van der Waals surface area contributed by atoms with Gasteiger partial charge in [0, 0.05) is 37.5 Å².